The topological polar surface area (TPSA) is 90.2 Å². The van der Waals surface area contributed by atoms with E-state index in [2.05, 4.69) is 10.1 Å². The second-order valence-corrected chi connectivity index (χ2v) is 4.34. The fraction of sp³-hybridized carbons (Fsp3) is 0.417. The molecule has 3 heterocycles. The maximum Gasteiger partial charge on any atom is 0.339 e. The molecule has 3 rings (SSSR count). The van der Waals surface area contributed by atoms with Crippen molar-refractivity contribution in [3.63, 3.8) is 0 Å². The summed E-state index contributed by atoms with van der Waals surface area (Å²) in [4.78, 5) is 20.6. The van der Waals surface area contributed by atoms with Crippen LogP contribution in [0.5, 0.6) is 5.75 Å². The summed E-state index contributed by atoms with van der Waals surface area (Å²) in [7, 11) is 1.40. The fourth-order valence-electron chi connectivity index (χ4n) is 2.24. The number of carbonyl (C=O) groups is 1. The lowest BCUT2D eigenvalue weighted by Gasteiger charge is -2.09. The summed E-state index contributed by atoms with van der Waals surface area (Å²) in [6, 6.07) is 1.45. The highest BCUT2D eigenvalue weighted by molar-refractivity contribution is 6.03. The zero-order valence-corrected chi connectivity index (χ0v) is 10.2. The Labute approximate surface area is 108 Å². The standard InChI is InChI=1S/C12H12N2O5/c1-17-9-3-13-8(2-6(9)12(15)16)11-7-4-18-5-10(7)19-14-11/h2-3,7,10H,4-5H2,1H3,(H,15,16). The molecule has 0 amide bonds. The first-order chi connectivity index (χ1) is 9.20. The van der Waals surface area contributed by atoms with Gasteiger partial charge in [-0.2, -0.15) is 0 Å². The number of rotatable bonds is 3. The molecule has 2 atom stereocenters. The van der Waals surface area contributed by atoms with Crippen molar-refractivity contribution in [3.05, 3.63) is 23.5 Å². The number of aromatic carboxylic acids is 1. The van der Waals surface area contributed by atoms with Crippen molar-refractivity contribution in [2.45, 2.75) is 6.10 Å². The SMILES string of the molecule is COc1cnc(C2=NOC3COCC23)cc1C(=O)O. The lowest BCUT2D eigenvalue weighted by molar-refractivity contribution is 0.0558. The maximum absolute atomic E-state index is 11.2. The first-order valence-electron chi connectivity index (χ1n) is 5.80. The molecule has 1 aromatic rings. The number of methoxy groups -OCH3 is 1. The van der Waals surface area contributed by atoms with Gasteiger partial charge in [0.05, 0.1) is 38.1 Å². The van der Waals surface area contributed by atoms with Crippen molar-refractivity contribution >= 4 is 11.7 Å². The van der Waals surface area contributed by atoms with Gasteiger partial charge in [-0.1, -0.05) is 5.16 Å². The van der Waals surface area contributed by atoms with Gasteiger partial charge in [-0.05, 0) is 6.07 Å². The second kappa shape index (κ2) is 4.51. The number of hydrogen-bond acceptors (Lipinski definition) is 6. The zero-order chi connectivity index (χ0) is 13.4. The van der Waals surface area contributed by atoms with E-state index in [1.54, 1.807) is 0 Å². The van der Waals surface area contributed by atoms with E-state index in [-0.39, 0.29) is 23.3 Å². The van der Waals surface area contributed by atoms with Crippen LogP contribution in [-0.4, -0.2) is 48.2 Å². The van der Waals surface area contributed by atoms with Crippen molar-refractivity contribution in [1.29, 1.82) is 0 Å². The molecule has 19 heavy (non-hydrogen) atoms. The molecular weight excluding hydrogens is 252 g/mol. The van der Waals surface area contributed by atoms with Crippen LogP contribution in [0.15, 0.2) is 17.4 Å². The van der Waals surface area contributed by atoms with Crippen molar-refractivity contribution in [3.8, 4) is 5.75 Å². The summed E-state index contributed by atoms with van der Waals surface area (Å²) in [5.74, 6) is -0.836. The highest BCUT2D eigenvalue weighted by Crippen LogP contribution is 2.29. The van der Waals surface area contributed by atoms with Gasteiger partial charge in [0.1, 0.15) is 11.3 Å². The number of oxime groups is 1. The summed E-state index contributed by atoms with van der Waals surface area (Å²) in [5, 5.41) is 13.1. The van der Waals surface area contributed by atoms with Gasteiger partial charge in [-0.15, -0.1) is 0 Å². The Balaban J connectivity index is 1.98. The van der Waals surface area contributed by atoms with Crippen LogP contribution in [0.25, 0.3) is 0 Å². The molecule has 0 saturated carbocycles. The fourth-order valence-corrected chi connectivity index (χ4v) is 2.24. The minimum absolute atomic E-state index is 0.0162. The maximum atomic E-state index is 11.2. The Kier molecular flexibility index (Phi) is 2.83. The van der Waals surface area contributed by atoms with Gasteiger partial charge in [0.2, 0.25) is 0 Å². The number of fused-ring (bicyclic) bond motifs is 1. The average molecular weight is 264 g/mol. The molecule has 2 aliphatic rings. The van der Waals surface area contributed by atoms with Crippen LogP contribution < -0.4 is 4.74 Å². The van der Waals surface area contributed by atoms with Gasteiger partial charge in [0, 0.05) is 0 Å². The molecule has 1 saturated heterocycles. The average Bonchev–Trinajstić information content (AvgIpc) is 3.00. The Morgan fingerprint density at radius 2 is 2.37 bits per heavy atom. The number of carboxylic acids is 1. The third kappa shape index (κ3) is 1.91. The number of ether oxygens (including phenoxy) is 2. The summed E-state index contributed by atoms with van der Waals surface area (Å²) in [5.41, 5.74) is 1.17. The monoisotopic (exact) mass is 264 g/mol. The van der Waals surface area contributed by atoms with Crippen molar-refractivity contribution in [1.82, 2.24) is 4.98 Å². The van der Waals surface area contributed by atoms with E-state index in [9.17, 15) is 4.79 Å². The Bertz CT molecular complexity index is 557. The number of nitrogens with zero attached hydrogens (tertiary/aromatic N) is 2. The van der Waals surface area contributed by atoms with Crippen LogP contribution in [0.1, 0.15) is 16.1 Å². The van der Waals surface area contributed by atoms with E-state index in [0.717, 1.165) is 0 Å². The molecule has 2 unspecified atom stereocenters. The first kappa shape index (κ1) is 11.9. The van der Waals surface area contributed by atoms with E-state index in [1.807, 2.05) is 0 Å². The lowest BCUT2D eigenvalue weighted by atomic mass is 9.97. The third-order valence-electron chi connectivity index (χ3n) is 3.25. The molecular formula is C12H12N2O5. The minimum atomic E-state index is -1.07. The van der Waals surface area contributed by atoms with Crippen LogP contribution in [-0.2, 0) is 9.57 Å². The molecule has 1 fully saturated rings. The normalized spacial score (nSPS) is 24.6. The lowest BCUT2D eigenvalue weighted by Crippen LogP contribution is -2.22. The third-order valence-corrected chi connectivity index (χ3v) is 3.25. The predicted octanol–water partition coefficient (Wildman–Crippen LogP) is 0.538. The minimum Gasteiger partial charge on any atom is -0.494 e. The first-order valence-corrected chi connectivity index (χ1v) is 5.80. The highest BCUT2D eigenvalue weighted by Gasteiger charge is 2.40. The largest absolute Gasteiger partial charge is 0.494 e. The smallest absolute Gasteiger partial charge is 0.339 e. The molecule has 7 nitrogen and oxygen atoms in total. The Morgan fingerprint density at radius 1 is 1.53 bits per heavy atom. The molecule has 1 aromatic heterocycles. The molecule has 0 aromatic carbocycles. The Morgan fingerprint density at radius 3 is 3.11 bits per heavy atom. The van der Waals surface area contributed by atoms with Crippen molar-refractivity contribution in [2.75, 3.05) is 20.3 Å². The molecule has 0 aliphatic carbocycles. The number of pyridine rings is 1. The van der Waals surface area contributed by atoms with Crippen LogP contribution in [0.2, 0.25) is 0 Å². The Hall–Kier alpha value is -2.15. The van der Waals surface area contributed by atoms with E-state index >= 15 is 0 Å². The quantitative estimate of drug-likeness (QED) is 0.856. The number of aromatic nitrogens is 1. The molecule has 7 heteroatoms. The molecule has 100 valence electrons. The molecule has 1 N–H and O–H groups in total. The van der Waals surface area contributed by atoms with Crippen LogP contribution in [0.3, 0.4) is 0 Å². The summed E-state index contributed by atoms with van der Waals surface area (Å²) in [6.45, 7) is 1.01. The van der Waals surface area contributed by atoms with Gasteiger partial charge in [-0.25, -0.2) is 4.79 Å². The van der Waals surface area contributed by atoms with E-state index < -0.39 is 5.97 Å². The predicted molar refractivity (Wildman–Crippen MR) is 63.5 cm³/mol. The molecule has 0 spiro atoms. The molecule has 0 bridgehead atoms. The van der Waals surface area contributed by atoms with E-state index in [4.69, 9.17) is 19.4 Å². The van der Waals surface area contributed by atoms with Crippen molar-refractivity contribution in [2.24, 2.45) is 11.1 Å². The highest BCUT2D eigenvalue weighted by atomic mass is 16.7. The van der Waals surface area contributed by atoms with Crippen LogP contribution in [0, 0.1) is 5.92 Å². The zero-order valence-electron chi connectivity index (χ0n) is 10.2. The molecule has 2 aliphatic heterocycles. The number of hydrogen-bond donors (Lipinski definition) is 1. The van der Waals surface area contributed by atoms with Gasteiger partial charge >= 0.3 is 5.97 Å². The van der Waals surface area contributed by atoms with E-state index in [1.165, 1.54) is 19.4 Å². The van der Waals surface area contributed by atoms with Gasteiger partial charge < -0.3 is 19.4 Å². The van der Waals surface area contributed by atoms with Crippen LogP contribution in [0.4, 0.5) is 0 Å². The summed E-state index contributed by atoms with van der Waals surface area (Å²) in [6.07, 6.45) is 1.29. The van der Waals surface area contributed by atoms with Gasteiger partial charge in [0.25, 0.3) is 0 Å². The molecule has 0 radical (unpaired) electrons. The summed E-state index contributed by atoms with van der Waals surface area (Å²) < 4.78 is 10.3. The number of carboxylic acid groups (broad SMARTS) is 1. The summed E-state index contributed by atoms with van der Waals surface area (Å²) >= 11 is 0. The van der Waals surface area contributed by atoms with Crippen molar-refractivity contribution < 1.29 is 24.2 Å². The van der Waals surface area contributed by atoms with Gasteiger partial charge in [0.15, 0.2) is 11.9 Å². The second-order valence-electron chi connectivity index (χ2n) is 4.34. The van der Waals surface area contributed by atoms with Gasteiger partial charge in [-0.3, -0.25) is 4.98 Å². The van der Waals surface area contributed by atoms with E-state index in [0.29, 0.717) is 24.6 Å². The van der Waals surface area contributed by atoms with Crippen LogP contribution >= 0.6 is 0 Å².